The number of anilines is 1. The fraction of sp³-hybridized carbons (Fsp3) is 0.120. The Morgan fingerprint density at radius 3 is 2.38 bits per heavy atom. The van der Waals surface area contributed by atoms with Gasteiger partial charge in [-0.3, -0.25) is 19.0 Å². The van der Waals surface area contributed by atoms with Gasteiger partial charge in [0.25, 0.3) is 11.5 Å². The fourth-order valence-electron chi connectivity index (χ4n) is 3.43. The molecule has 7 heteroatoms. The summed E-state index contributed by atoms with van der Waals surface area (Å²) in [6.45, 7) is 3.58. The molecule has 0 aliphatic rings. The molecule has 0 unspecified atom stereocenters. The summed E-state index contributed by atoms with van der Waals surface area (Å²) >= 11 is 0. The third-order valence-corrected chi connectivity index (χ3v) is 5.06. The van der Waals surface area contributed by atoms with Crippen LogP contribution in [0.5, 0.6) is 0 Å². The van der Waals surface area contributed by atoms with Crippen molar-refractivity contribution in [3.05, 3.63) is 100 Å². The van der Waals surface area contributed by atoms with E-state index in [1.165, 1.54) is 0 Å². The molecule has 0 bridgehead atoms. The number of aromatic nitrogens is 2. The minimum atomic E-state index is -0.396. The van der Waals surface area contributed by atoms with Crippen molar-refractivity contribution in [2.45, 2.75) is 13.8 Å². The van der Waals surface area contributed by atoms with Crippen molar-refractivity contribution in [2.75, 3.05) is 11.9 Å². The van der Waals surface area contributed by atoms with Crippen molar-refractivity contribution in [1.82, 2.24) is 14.9 Å². The van der Waals surface area contributed by atoms with Crippen LogP contribution in [0, 0.1) is 13.8 Å². The molecule has 1 heterocycles. The lowest BCUT2D eigenvalue weighted by Gasteiger charge is -2.12. The van der Waals surface area contributed by atoms with Crippen LogP contribution >= 0.6 is 0 Å². The van der Waals surface area contributed by atoms with E-state index in [9.17, 15) is 14.4 Å². The van der Waals surface area contributed by atoms with Gasteiger partial charge in [0.15, 0.2) is 0 Å². The Labute approximate surface area is 184 Å². The van der Waals surface area contributed by atoms with E-state index >= 15 is 0 Å². The number of fused-ring (bicyclic) bond motifs is 1. The second-order valence-corrected chi connectivity index (χ2v) is 7.46. The van der Waals surface area contributed by atoms with Gasteiger partial charge in [0.2, 0.25) is 5.91 Å². The summed E-state index contributed by atoms with van der Waals surface area (Å²) in [7, 11) is 0. The third kappa shape index (κ3) is 4.41. The lowest BCUT2D eigenvalue weighted by molar-refractivity contribution is -0.115. The van der Waals surface area contributed by atoms with Crippen LogP contribution < -0.4 is 16.2 Å². The molecule has 0 radical (unpaired) electrons. The molecule has 160 valence electrons. The first-order chi connectivity index (χ1) is 15.4. The number of nitrogens with one attached hydrogen (secondary N) is 2. The number of rotatable bonds is 5. The van der Waals surface area contributed by atoms with E-state index in [1.54, 1.807) is 54.0 Å². The Morgan fingerprint density at radius 1 is 0.938 bits per heavy atom. The Bertz CT molecular complexity index is 1360. The van der Waals surface area contributed by atoms with Crippen molar-refractivity contribution < 1.29 is 9.59 Å². The molecule has 7 nitrogen and oxygen atoms in total. The Balaban J connectivity index is 1.55. The first-order valence-electron chi connectivity index (χ1n) is 10.2. The third-order valence-electron chi connectivity index (χ3n) is 5.06. The number of hydrogen-bond donors (Lipinski definition) is 2. The lowest BCUT2D eigenvalue weighted by atomic mass is 10.2. The molecule has 1 aromatic heterocycles. The van der Waals surface area contributed by atoms with E-state index in [2.05, 4.69) is 15.6 Å². The molecule has 2 amide bonds. The zero-order chi connectivity index (χ0) is 22.7. The molecule has 0 atom stereocenters. The Kier molecular flexibility index (Phi) is 5.81. The summed E-state index contributed by atoms with van der Waals surface area (Å²) < 4.78 is 1.55. The summed E-state index contributed by atoms with van der Waals surface area (Å²) in [6.07, 6.45) is 0. The minimum Gasteiger partial charge on any atom is -0.343 e. The van der Waals surface area contributed by atoms with Crippen LogP contribution in [0.15, 0.2) is 77.6 Å². The molecule has 0 aliphatic heterocycles. The largest absolute Gasteiger partial charge is 0.343 e. The van der Waals surface area contributed by atoms with E-state index in [0.29, 0.717) is 28.0 Å². The Morgan fingerprint density at radius 2 is 1.66 bits per heavy atom. The number of carbonyl (C=O) groups excluding carboxylic acids is 2. The molecule has 0 fully saturated rings. The summed E-state index contributed by atoms with van der Waals surface area (Å²) in [5.41, 5.74) is 3.08. The summed E-state index contributed by atoms with van der Waals surface area (Å²) in [5, 5.41) is 5.69. The molecule has 0 saturated carbocycles. The van der Waals surface area contributed by atoms with Crippen molar-refractivity contribution in [3.63, 3.8) is 0 Å². The van der Waals surface area contributed by atoms with E-state index in [4.69, 9.17) is 0 Å². The van der Waals surface area contributed by atoms with E-state index in [-0.39, 0.29) is 18.0 Å². The number of hydrogen-bond acceptors (Lipinski definition) is 4. The van der Waals surface area contributed by atoms with Gasteiger partial charge in [-0.1, -0.05) is 35.9 Å². The second-order valence-electron chi connectivity index (χ2n) is 7.46. The van der Waals surface area contributed by atoms with Crippen LogP contribution in [-0.4, -0.2) is 27.9 Å². The van der Waals surface area contributed by atoms with E-state index < -0.39 is 5.91 Å². The fourth-order valence-corrected chi connectivity index (χ4v) is 3.43. The predicted octanol–water partition coefficient (Wildman–Crippen LogP) is 3.37. The van der Waals surface area contributed by atoms with Gasteiger partial charge >= 0.3 is 0 Å². The van der Waals surface area contributed by atoms with Crippen molar-refractivity contribution >= 4 is 28.4 Å². The van der Waals surface area contributed by atoms with Gasteiger partial charge in [-0.15, -0.1) is 0 Å². The van der Waals surface area contributed by atoms with Crippen molar-refractivity contribution in [3.8, 4) is 5.69 Å². The molecule has 0 saturated heterocycles. The summed E-state index contributed by atoms with van der Waals surface area (Å²) in [4.78, 5) is 42.2. The predicted molar refractivity (Wildman–Crippen MR) is 124 cm³/mol. The standard InChI is InChI=1S/C25H22N4O3/c1-16-8-11-20(12-9-16)29-17(2)27-22-13-10-19(14-21(22)25(29)32)28-23(30)15-26-24(31)18-6-4-3-5-7-18/h3-14H,15H2,1-2H3,(H,26,31)(H,28,30). The average molecular weight is 426 g/mol. The highest BCUT2D eigenvalue weighted by Gasteiger charge is 2.12. The summed E-state index contributed by atoms with van der Waals surface area (Å²) in [5.74, 6) is -0.153. The number of aryl methyl sites for hydroxylation is 2. The number of amides is 2. The van der Waals surface area contributed by atoms with Gasteiger partial charge in [-0.05, 0) is 56.3 Å². The maximum atomic E-state index is 13.2. The SMILES string of the molecule is Cc1ccc(-n2c(C)nc3ccc(NC(=O)CNC(=O)c4ccccc4)cc3c2=O)cc1. The molecule has 4 aromatic rings. The smallest absolute Gasteiger partial charge is 0.266 e. The van der Waals surface area contributed by atoms with E-state index in [0.717, 1.165) is 11.3 Å². The number of benzene rings is 3. The zero-order valence-electron chi connectivity index (χ0n) is 17.8. The monoisotopic (exact) mass is 426 g/mol. The van der Waals surface area contributed by atoms with Crippen molar-refractivity contribution in [1.29, 1.82) is 0 Å². The maximum Gasteiger partial charge on any atom is 0.266 e. The maximum absolute atomic E-state index is 13.2. The molecule has 3 aromatic carbocycles. The van der Waals surface area contributed by atoms with E-state index in [1.807, 2.05) is 37.3 Å². The summed E-state index contributed by atoms with van der Waals surface area (Å²) in [6, 6.07) is 21.3. The number of carbonyl (C=O) groups is 2. The topological polar surface area (TPSA) is 93.1 Å². The van der Waals surface area contributed by atoms with Crippen LogP contribution in [-0.2, 0) is 4.79 Å². The highest BCUT2D eigenvalue weighted by Crippen LogP contribution is 2.17. The minimum absolute atomic E-state index is 0.189. The van der Waals surface area contributed by atoms with Gasteiger partial charge in [0.05, 0.1) is 23.1 Å². The molecular weight excluding hydrogens is 404 g/mol. The second kappa shape index (κ2) is 8.85. The van der Waals surface area contributed by atoms with Gasteiger partial charge in [-0.25, -0.2) is 4.98 Å². The molecule has 4 rings (SSSR count). The van der Waals surface area contributed by atoms with Gasteiger partial charge in [0, 0.05) is 11.3 Å². The van der Waals surface area contributed by atoms with Crippen LogP contribution in [0.4, 0.5) is 5.69 Å². The van der Waals surface area contributed by atoms with Crippen LogP contribution in [0.25, 0.3) is 16.6 Å². The van der Waals surface area contributed by atoms with Crippen LogP contribution in [0.2, 0.25) is 0 Å². The van der Waals surface area contributed by atoms with Gasteiger partial charge < -0.3 is 10.6 Å². The van der Waals surface area contributed by atoms with Gasteiger partial charge in [-0.2, -0.15) is 0 Å². The van der Waals surface area contributed by atoms with Crippen LogP contribution in [0.1, 0.15) is 21.7 Å². The normalized spacial score (nSPS) is 10.7. The average Bonchev–Trinajstić information content (AvgIpc) is 2.80. The highest BCUT2D eigenvalue weighted by molar-refractivity contribution is 6.00. The molecule has 0 spiro atoms. The molecule has 32 heavy (non-hydrogen) atoms. The first kappa shape index (κ1) is 21.0. The van der Waals surface area contributed by atoms with Gasteiger partial charge in [0.1, 0.15) is 5.82 Å². The molecule has 0 aliphatic carbocycles. The quantitative estimate of drug-likeness (QED) is 0.512. The van der Waals surface area contributed by atoms with Crippen molar-refractivity contribution in [2.24, 2.45) is 0 Å². The zero-order valence-corrected chi connectivity index (χ0v) is 17.8. The van der Waals surface area contributed by atoms with Crippen LogP contribution in [0.3, 0.4) is 0 Å². The molecular formula is C25H22N4O3. The number of nitrogens with zero attached hydrogens (tertiary/aromatic N) is 2. The first-order valence-corrected chi connectivity index (χ1v) is 10.2. The highest BCUT2D eigenvalue weighted by atomic mass is 16.2. The Hall–Kier alpha value is -4.26. The molecule has 2 N–H and O–H groups in total. The lowest BCUT2D eigenvalue weighted by Crippen LogP contribution is -2.32.